The minimum atomic E-state index is 0.705. The Balaban J connectivity index is 0.000000504. The smallest absolute Gasteiger partial charge is 0.00772 e. The van der Waals surface area contributed by atoms with E-state index in [4.69, 9.17) is 11.5 Å². The van der Waals surface area contributed by atoms with Crippen molar-refractivity contribution in [1.82, 2.24) is 10.6 Å². The lowest BCUT2D eigenvalue weighted by Gasteiger charge is -2.16. The van der Waals surface area contributed by atoms with E-state index in [1.54, 1.807) is 16.7 Å². The summed E-state index contributed by atoms with van der Waals surface area (Å²) in [6.07, 6.45) is 9.86. The molecule has 0 bridgehead atoms. The summed E-state index contributed by atoms with van der Waals surface area (Å²) in [6, 6.07) is 0. The van der Waals surface area contributed by atoms with Crippen molar-refractivity contribution >= 4 is 0 Å². The summed E-state index contributed by atoms with van der Waals surface area (Å²) in [4.78, 5) is 0. The summed E-state index contributed by atoms with van der Waals surface area (Å²) >= 11 is 0. The van der Waals surface area contributed by atoms with Gasteiger partial charge in [0.25, 0.3) is 0 Å². The summed E-state index contributed by atoms with van der Waals surface area (Å²) in [5.74, 6) is 0. The highest BCUT2D eigenvalue weighted by molar-refractivity contribution is 5.22. The Hall–Kier alpha value is -0.940. The molecular formula is C21H42N4. The number of nitrogens with two attached hydrogens (primary N) is 2. The van der Waals surface area contributed by atoms with E-state index in [2.05, 4.69) is 44.1 Å². The molecule has 0 aromatic heterocycles. The van der Waals surface area contributed by atoms with Crippen LogP contribution in [0.3, 0.4) is 0 Å². The molecule has 1 rings (SSSR count). The molecule has 0 unspecified atom stereocenters. The predicted molar refractivity (Wildman–Crippen MR) is 113 cm³/mol. The van der Waals surface area contributed by atoms with E-state index in [1.165, 1.54) is 44.1 Å². The molecule has 0 atom stereocenters. The lowest BCUT2D eigenvalue weighted by atomic mass is 9.90. The minimum absolute atomic E-state index is 0.705. The van der Waals surface area contributed by atoms with E-state index in [9.17, 15) is 0 Å². The first-order valence-corrected chi connectivity index (χ1v) is 9.80. The summed E-state index contributed by atoms with van der Waals surface area (Å²) in [5, 5.41) is 6.33. The molecule has 1 aliphatic rings. The van der Waals surface area contributed by atoms with Crippen molar-refractivity contribution in [2.75, 3.05) is 39.3 Å². The third-order valence-corrected chi connectivity index (χ3v) is 4.40. The first-order valence-electron chi connectivity index (χ1n) is 9.80. The third kappa shape index (κ3) is 15.1. The topological polar surface area (TPSA) is 76.1 Å². The zero-order valence-electron chi connectivity index (χ0n) is 16.9. The van der Waals surface area contributed by atoms with Gasteiger partial charge in [0.1, 0.15) is 0 Å². The quantitative estimate of drug-likeness (QED) is 0.341. The number of allylic oxidation sites excluding steroid dienone is 5. The van der Waals surface area contributed by atoms with E-state index in [0.29, 0.717) is 13.1 Å². The van der Waals surface area contributed by atoms with Crippen LogP contribution in [0.25, 0.3) is 0 Å². The van der Waals surface area contributed by atoms with Gasteiger partial charge in [-0.05, 0) is 59.3 Å². The van der Waals surface area contributed by atoms with Gasteiger partial charge in [0.05, 0.1) is 0 Å². The maximum Gasteiger partial charge on any atom is 0.00772 e. The zero-order chi connectivity index (χ0) is 18.9. The van der Waals surface area contributed by atoms with Crippen LogP contribution in [0.1, 0.15) is 59.3 Å². The van der Waals surface area contributed by atoms with Crippen LogP contribution in [0.5, 0.6) is 0 Å². The van der Waals surface area contributed by atoms with Gasteiger partial charge in [-0.3, -0.25) is 0 Å². The highest BCUT2D eigenvalue weighted by atomic mass is 14.9. The fraction of sp³-hybridized carbons (Fsp3) is 0.714. The van der Waals surface area contributed by atoms with Crippen molar-refractivity contribution in [1.29, 1.82) is 0 Å². The Bertz CT molecular complexity index is 402. The molecule has 0 fully saturated rings. The van der Waals surface area contributed by atoms with Gasteiger partial charge >= 0.3 is 0 Å². The van der Waals surface area contributed by atoms with Crippen molar-refractivity contribution in [3.63, 3.8) is 0 Å². The lowest BCUT2D eigenvalue weighted by molar-refractivity contribution is 0.618. The monoisotopic (exact) mass is 350 g/mol. The first kappa shape index (κ1) is 24.1. The first-order chi connectivity index (χ1) is 12.0. The molecule has 0 aromatic carbocycles. The van der Waals surface area contributed by atoms with Crippen molar-refractivity contribution in [3.8, 4) is 0 Å². The Labute approximate surface area is 156 Å². The molecule has 0 heterocycles. The molecular weight excluding hydrogens is 308 g/mol. The molecule has 0 saturated carbocycles. The lowest BCUT2D eigenvalue weighted by Crippen LogP contribution is -2.32. The number of nitrogens with one attached hydrogen (secondary N) is 2. The van der Waals surface area contributed by atoms with E-state index in [-0.39, 0.29) is 0 Å². The van der Waals surface area contributed by atoms with E-state index < -0.39 is 0 Å². The summed E-state index contributed by atoms with van der Waals surface area (Å²) < 4.78 is 0. The van der Waals surface area contributed by atoms with Crippen LogP contribution >= 0.6 is 0 Å². The molecule has 0 spiro atoms. The van der Waals surface area contributed by atoms with Crippen LogP contribution < -0.4 is 22.1 Å². The van der Waals surface area contributed by atoms with Crippen molar-refractivity contribution in [3.05, 3.63) is 34.9 Å². The fourth-order valence-corrected chi connectivity index (χ4v) is 2.70. The molecule has 4 nitrogen and oxygen atoms in total. The molecule has 0 aliphatic heterocycles. The highest BCUT2D eigenvalue weighted by Crippen LogP contribution is 2.27. The predicted octanol–water partition coefficient (Wildman–Crippen LogP) is 3.26. The van der Waals surface area contributed by atoms with E-state index >= 15 is 0 Å². The van der Waals surface area contributed by atoms with Crippen LogP contribution in [-0.2, 0) is 0 Å². The van der Waals surface area contributed by atoms with Gasteiger partial charge in [-0.2, -0.15) is 0 Å². The molecule has 0 amide bonds. The Kier molecular flexibility index (Phi) is 15.9. The maximum absolute atomic E-state index is 5.27. The summed E-state index contributed by atoms with van der Waals surface area (Å²) in [6.45, 7) is 15.8. The van der Waals surface area contributed by atoms with Gasteiger partial charge < -0.3 is 22.1 Å². The van der Waals surface area contributed by atoms with Crippen LogP contribution in [-0.4, -0.2) is 39.3 Å². The van der Waals surface area contributed by atoms with E-state index in [0.717, 1.165) is 26.2 Å². The van der Waals surface area contributed by atoms with Gasteiger partial charge in [-0.25, -0.2) is 0 Å². The zero-order valence-corrected chi connectivity index (χ0v) is 16.9. The molecule has 25 heavy (non-hydrogen) atoms. The number of hydrogen-bond acceptors (Lipinski definition) is 4. The van der Waals surface area contributed by atoms with Gasteiger partial charge in [-0.1, -0.05) is 28.4 Å². The van der Waals surface area contributed by atoms with Crippen molar-refractivity contribution in [2.45, 2.75) is 59.3 Å². The van der Waals surface area contributed by atoms with Crippen LogP contribution in [0.2, 0.25) is 0 Å². The van der Waals surface area contributed by atoms with Gasteiger partial charge in [-0.15, -0.1) is 6.58 Å². The molecule has 4 heteroatoms. The van der Waals surface area contributed by atoms with Crippen molar-refractivity contribution in [2.24, 2.45) is 11.5 Å². The Morgan fingerprint density at radius 2 is 1.60 bits per heavy atom. The largest absolute Gasteiger partial charge is 0.329 e. The van der Waals surface area contributed by atoms with Gasteiger partial charge in [0.2, 0.25) is 0 Å². The Morgan fingerprint density at radius 1 is 1.00 bits per heavy atom. The van der Waals surface area contributed by atoms with E-state index in [1.807, 2.05) is 0 Å². The average Bonchev–Trinajstić information content (AvgIpc) is 2.59. The summed E-state index contributed by atoms with van der Waals surface area (Å²) in [7, 11) is 0. The molecule has 6 N–H and O–H groups in total. The second-order valence-corrected chi connectivity index (χ2v) is 7.03. The van der Waals surface area contributed by atoms with Gasteiger partial charge in [0, 0.05) is 39.3 Å². The maximum atomic E-state index is 5.27. The molecule has 0 radical (unpaired) electrons. The van der Waals surface area contributed by atoms with Crippen LogP contribution in [0.15, 0.2) is 34.9 Å². The Morgan fingerprint density at radius 3 is 2.04 bits per heavy atom. The second-order valence-electron chi connectivity index (χ2n) is 7.03. The van der Waals surface area contributed by atoms with Gasteiger partial charge in [0.15, 0.2) is 0 Å². The van der Waals surface area contributed by atoms with Crippen molar-refractivity contribution < 1.29 is 0 Å². The summed E-state index contributed by atoms with van der Waals surface area (Å²) in [5.41, 5.74) is 16.7. The minimum Gasteiger partial charge on any atom is -0.329 e. The molecule has 0 aromatic rings. The highest BCUT2D eigenvalue weighted by Gasteiger charge is 2.07. The number of rotatable bonds is 11. The number of hydrogen-bond donors (Lipinski definition) is 4. The second kappa shape index (κ2) is 16.5. The fourth-order valence-electron chi connectivity index (χ4n) is 2.70. The normalized spacial score (nSPS) is 16.0. The molecule has 146 valence electrons. The third-order valence-electron chi connectivity index (χ3n) is 4.40. The molecule has 0 saturated heterocycles. The standard InChI is InChI=1S/C15H24.C6H18N4/c1-12(2)6-5-7-14(4)15-10-8-13(3)9-11-15;7-1-3-9-5-6-10-4-2-8/h8H,1,5-7,9-11H2,2-4H3;9-10H,1-8H2/b15-14-;. The average molecular weight is 351 g/mol. The SMILES string of the molecule is C=C(C)CCC/C(C)=C1/CC=C(C)CC1.NCCNCCNCCN. The van der Waals surface area contributed by atoms with Crippen LogP contribution in [0, 0.1) is 0 Å². The van der Waals surface area contributed by atoms with Crippen LogP contribution in [0.4, 0.5) is 0 Å². The molecule has 1 aliphatic carbocycles.